The van der Waals surface area contributed by atoms with Crippen LogP contribution in [0.3, 0.4) is 0 Å². The van der Waals surface area contributed by atoms with Gasteiger partial charge in [-0.1, -0.05) is 48.6 Å². The molecule has 0 aliphatic heterocycles. The van der Waals surface area contributed by atoms with Crippen LogP contribution >= 0.6 is 11.3 Å². The summed E-state index contributed by atoms with van der Waals surface area (Å²) >= 11 is 1.83. The van der Waals surface area contributed by atoms with Gasteiger partial charge in [0.2, 0.25) is 0 Å². The van der Waals surface area contributed by atoms with Gasteiger partial charge in [0.05, 0.1) is 0 Å². The Morgan fingerprint density at radius 1 is 1.06 bits per heavy atom. The number of rotatable bonds is 6. The monoisotopic (exact) mass is 243 g/mol. The highest BCUT2D eigenvalue weighted by Crippen LogP contribution is 2.07. The quantitative estimate of drug-likeness (QED) is 0.764. The van der Waals surface area contributed by atoms with Gasteiger partial charge in [0.25, 0.3) is 0 Å². The second-order valence-electron chi connectivity index (χ2n) is 3.85. The Bertz CT molecular complexity index is 431. The second kappa shape index (κ2) is 7.05. The standard InChI is InChI=1S/C15H17NS/c1-2-6-14(7-3-1)8-4-11-16-12-10-15-9-5-13-17-15/h1-9,13,16H,10-12H2/b8-4+. The fourth-order valence-corrected chi connectivity index (χ4v) is 2.32. The number of thiophene rings is 1. The van der Waals surface area contributed by atoms with Crippen molar-refractivity contribution >= 4 is 17.4 Å². The molecule has 1 N–H and O–H groups in total. The largest absolute Gasteiger partial charge is 0.313 e. The molecular weight excluding hydrogens is 226 g/mol. The molecule has 2 aromatic rings. The van der Waals surface area contributed by atoms with E-state index in [9.17, 15) is 0 Å². The van der Waals surface area contributed by atoms with Crippen molar-refractivity contribution in [1.29, 1.82) is 0 Å². The molecule has 0 atom stereocenters. The Morgan fingerprint density at radius 3 is 2.71 bits per heavy atom. The summed E-state index contributed by atoms with van der Waals surface area (Å²) in [5.41, 5.74) is 1.26. The van der Waals surface area contributed by atoms with E-state index in [1.807, 2.05) is 17.4 Å². The fourth-order valence-electron chi connectivity index (χ4n) is 1.61. The molecule has 0 radical (unpaired) electrons. The summed E-state index contributed by atoms with van der Waals surface area (Å²) in [5, 5.41) is 5.54. The minimum atomic E-state index is 0.931. The van der Waals surface area contributed by atoms with Gasteiger partial charge < -0.3 is 5.32 Å². The molecule has 0 aliphatic carbocycles. The summed E-state index contributed by atoms with van der Waals surface area (Å²) < 4.78 is 0. The molecule has 1 aromatic heterocycles. The predicted molar refractivity (Wildman–Crippen MR) is 76.4 cm³/mol. The van der Waals surface area contributed by atoms with Crippen LogP contribution < -0.4 is 5.32 Å². The lowest BCUT2D eigenvalue weighted by Gasteiger charge is -1.99. The third kappa shape index (κ3) is 4.55. The molecule has 88 valence electrons. The van der Waals surface area contributed by atoms with Crippen molar-refractivity contribution in [2.75, 3.05) is 13.1 Å². The van der Waals surface area contributed by atoms with Crippen molar-refractivity contribution < 1.29 is 0 Å². The van der Waals surface area contributed by atoms with Gasteiger partial charge in [0.1, 0.15) is 0 Å². The molecule has 2 rings (SSSR count). The highest BCUT2D eigenvalue weighted by molar-refractivity contribution is 7.09. The zero-order valence-electron chi connectivity index (χ0n) is 9.80. The molecule has 0 saturated heterocycles. The first kappa shape index (κ1) is 12.1. The molecule has 1 aromatic carbocycles. The lowest BCUT2D eigenvalue weighted by Crippen LogP contribution is -2.16. The molecule has 0 amide bonds. The zero-order valence-corrected chi connectivity index (χ0v) is 10.6. The van der Waals surface area contributed by atoms with Crippen molar-refractivity contribution in [1.82, 2.24) is 5.32 Å². The number of nitrogens with one attached hydrogen (secondary N) is 1. The molecule has 0 fully saturated rings. The van der Waals surface area contributed by atoms with Crippen LogP contribution in [0, 0.1) is 0 Å². The predicted octanol–water partition coefficient (Wildman–Crippen LogP) is 3.59. The van der Waals surface area contributed by atoms with Crippen molar-refractivity contribution in [3.63, 3.8) is 0 Å². The average Bonchev–Trinajstić information content (AvgIpc) is 2.88. The topological polar surface area (TPSA) is 12.0 Å². The van der Waals surface area contributed by atoms with Crippen LogP contribution in [0.1, 0.15) is 10.4 Å². The third-order valence-corrected chi connectivity index (χ3v) is 3.44. The Kier molecular flexibility index (Phi) is 5.01. The van der Waals surface area contributed by atoms with E-state index in [1.54, 1.807) is 0 Å². The molecule has 0 saturated carbocycles. The van der Waals surface area contributed by atoms with Crippen LogP contribution in [0.25, 0.3) is 6.08 Å². The first-order valence-corrected chi connectivity index (χ1v) is 6.78. The molecule has 1 heterocycles. The van der Waals surface area contributed by atoms with E-state index >= 15 is 0 Å². The molecular formula is C15H17NS. The normalized spacial score (nSPS) is 11.1. The van der Waals surface area contributed by atoms with Gasteiger partial charge >= 0.3 is 0 Å². The number of hydrogen-bond acceptors (Lipinski definition) is 2. The molecule has 0 aliphatic rings. The van der Waals surface area contributed by atoms with E-state index in [-0.39, 0.29) is 0 Å². The van der Waals surface area contributed by atoms with Crippen LogP contribution in [0.2, 0.25) is 0 Å². The van der Waals surface area contributed by atoms with E-state index < -0.39 is 0 Å². The van der Waals surface area contributed by atoms with Crippen molar-refractivity contribution in [3.05, 3.63) is 64.4 Å². The summed E-state index contributed by atoms with van der Waals surface area (Å²) in [6, 6.07) is 14.7. The average molecular weight is 243 g/mol. The molecule has 0 unspecified atom stereocenters. The molecule has 0 bridgehead atoms. The summed E-state index contributed by atoms with van der Waals surface area (Å²) in [5.74, 6) is 0. The van der Waals surface area contributed by atoms with E-state index in [0.717, 1.165) is 19.5 Å². The highest BCUT2D eigenvalue weighted by atomic mass is 32.1. The summed E-state index contributed by atoms with van der Waals surface area (Å²) in [4.78, 5) is 1.45. The van der Waals surface area contributed by atoms with Gasteiger partial charge in [-0.05, 0) is 23.4 Å². The second-order valence-corrected chi connectivity index (χ2v) is 4.88. The van der Waals surface area contributed by atoms with Gasteiger partial charge in [-0.2, -0.15) is 0 Å². The van der Waals surface area contributed by atoms with Crippen molar-refractivity contribution in [3.8, 4) is 0 Å². The lowest BCUT2D eigenvalue weighted by atomic mass is 10.2. The number of benzene rings is 1. The summed E-state index contributed by atoms with van der Waals surface area (Å²) in [6.07, 6.45) is 5.44. The Balaban J connectivity index is 1.62. The minimum Gasteiger partial charge on any atom is -0.313 e. The Hall–Kier alpha value is -1.38. The summed E-state index contributed by atoms with van der Waals surface area (Å²) in [7, 11) is 0. The fraction of sp³-hybridized carbons (Fsp3) is 0.200. The van der Waals surface area contributed by atoms with Crippen LogP contribution in [-0.4, -0.2) is 13.1 Å². The van der Waals surface area contributed by atoms with Crippen LogP contribution in [0.5, 0.6) is 0 Å². The van der Waals surface area contributed by atoms with Gasteiger partial charge in [-0.3, -0.25) is 0 Å². The SMILES string of the molecule is C(=C\c1ccccc1)/CNCCc1cccs1. The lowest BCUT2D eigenvalue weighted by molar-refractivity contribution is 0.751. The highest BCUT2D eigenvalue weighted by Gasteiger charge is 1.91. The molecule has 17 heavy (non-hydrogen) atoms. The van der Waals surface area contributed by atoms with Crippen LogP contribution in [0.4, 0.5) is 0 Å². The molecule has 2 heteroatoms. The van der Waals surface area contributed by atoms with Gasteiger partial charge in [-0.25, -0.2) is 0 Å². The van der Waals surface area contributed by atoms with Gasteiger partial charge in [0.15, 0.2) is 0 Å². The summed E-state index contributed by atoms with van der Waals surface area (Å²) in [6.45, 7) is 1.97. The number of hydrogen-bond donors (Lipinski definition) is 1. The maximum Gasteiger partial charge on any atom is 0.0138 e. The van der Waals surface area contributed by atoms with Gasteiger partial charge in [0, 0.05) is 18.0 Å². The maximum atomic E-state index is 3.41. The minimum absolute atomic E-state index is 0.931. The molecule has 0 spiro atoms. The van der Waals surface area contributed by atoms with Gasteiger partial charge in [-0.15, -0.1) is 11.3 Å². The third-order valence-electron chi connectivity index (χ3n) is 2.50. The maximum absolute atomic E-state index is 3.41. The Morgan fingerprint density at radius 2 is 1.94 bits per heavy atom. The van der Waals surface area contributed by atoms with Crippen LogP contribution in [-0.2, 0) is 6.42 Å². The first-order chi connectivity index (χ1) is 8.45. The van der Waals surface area contributed by atoms with Crippen molar-refractivity contribution in [2.24, 2.45) is 0 Å². The van der Waals surface area contributed by atoms with E-state index in [2.05, 4.69) is 59.2 Å². The zero-order chi connectivity index (χ0) is 11.8. The van der Waals surface area contributed by atoms with E-state index in [4.69, 9.17) is 0 Å². The Labute approximate surface area is 107 Å². The smallest absolute Gasteiger partial charge is 0.0138 e. The van der Waals surface area contributed by atoms with E-state index in [1.165, 1.54) is 10.4 Å². The molecule has 1 nitrogen and oxygen atoms in total. The van der Waals surface area contributed by atoms with Crippen molar-refractivity contribution in [2.45, 2.75) is 6.42 Å². The van der Waals surface area contributed by atoms with E-state index in [0.29, 0.717) is 0 Å². The first-order valence-electron chi connectivity index (χ1n) is 5.90. The van der Waals surface area contributed by atoms with Crippen LogP contribution in [0.15, 0.2) is 53.9 Å².